The number of thioether (sulfide) groups is 1. The van der Waals surface area contributed by atoms with Crippen LogP contribution < -0.4 is 5.32 Å². The van der Waals surface area contributed by atoms with Crippen molar-refractivity contribution in [2.75, 3.05) is 11.9 Å². The second kappa shape index (κ2) is 10.5. The number of thiazole rings is 1. The zero-order chi connectivity index (χ0) is 24.2. The summed E-state index contributed by atoms with van der Waals surface area (Å²) in [6.45, 7) is 8.60. The maximum Gasteiger partial charge on any atom is 0.350 e. The molecule has 0 unspecified atom stereocenters. The number of anilines is 1. The third kappa shape index (κ3) is 4.76. The molecule has 0 fully saturated rings. The Morgan fingerprint density at radius 1 is 1.18 bits per heavy atom. The van der Waals surface area contributed by atoms with Crippen LogP contribution in [0.3, 0.4) is 0 Å². The van der Waals surface area contributed by atoms with Gasteiger partial charge >= 0.3 is 5.97 Å². The maximum atomic E-state index is 13.0. The van der Waals surface area contributed by atoms with Crippen LogP contribution in [0.2, 0.25) is 0 Å². The van der Waals surface area contributed by atoms with Crippen molar-refractivity contribution in [1.82, 2.24) is 24.7 Å². The van der Waals surface area contributed by atoms with Gasteiger partial charge < -0.3 is 14.6 Å². The van der Waals surface area contributed by atoms with Gasteiger partial charge in [-0.25, -0.2) is 14.8 Å². The molecule has 4 rings (SSSR count). The maximum absolute atomic E-state index is 13.0. The molecule has 0 aliphatic rings. The largest absolute Gasteiger partial charge is 0.462 e. The highest BCUT2D eigenvalue weighted by atomic mass is 32.2. The number of para-hydroxylation sites is 1. The third-order valence-corrected chi connectivity index (χ3v) is 7.47. The van der Waals surface area contributed by atoms with Crippen molar-refractivity contribution in [3.8, 4) is 0 Å². The van der Waals surface area contributed by atoms with Crippen LogP contribution in [0.15, 0.2) is 29.4 Å². The lowest BCUT2D eigenvalue weighted by molar-refractivity contribution is -0.115. The van der Waals surface area contributed by atoms with E-state index in [1.54, 1.807) is 13.8 Å². The van der Waals surface area contributed by atoms with E-state index in [0.29, 0.717) is 27.3 Å². The first-order chi connectivity index (χ1) is 16.5. The summed E-state index contributed by atoms with van der Waals surface area (Å²) in [6, 6.07) is 8.06. The Morgan fingerprint density at radius 2 is 1.97 bits per heavy atom. The molecule has 0 aliphatic heterocycles. The molecule has 0 saturated carbocycles. The number of esters is 1. The van der Waals surface area contributed by atoms with Gasteiger partial charge in [0.25, 0.3) is 0 Å². The van der Waals surface area contributed by atoms with E-state index in [9.17, 15) is 9.59 Å². The number of carbonyl (C=O) groups is 2. The molecule has 4 aromatic rings. The highest BCUT2D eigenvalue weighted by Crippen LogP contribution is 2.30. The minimum absolute atomic E-state index is 0.227. The van der Waals surface area contributed by atoms with Crippen molar-refractivity contribution >= 4 is 62.2 Å². The van der Waals surface area contributed by atoms with E-state index < -0.39 is 11.2 Å². The van der Waals surface area contributed by atoms with Crippen LogP contribution in [0.1, 0.15) is 49.0 Å². The Morgan fingerprint density at radius 3 is 2.71 bits per heavy atom. The van der Waals surface area contributed by atoms with Crippen molar-refractivity contribution < 1.29 is 14.3 Å². The van der Waals surface area contributed by atoms with Crippen LogP contribution >= 0.6 is 23.1 Å². The third-order valence-electron chi connectivity index (χ3n) is 5.20. The van der Waals surface area contributed by atoms with Crippen molar-refractivity contribution in [2.45, 2.75) is 57.5 Å². The second-order valence-corrected chi connectivity index (χ2v) is 9.76. The predicted octanol–water partition coefficient (Wildman–Crippen LogP) is 4.84. The minimum atomic E-state index is -0.446. The van der Waals surface area contributed by atoms with Gasteiger partial charge in [0.2, 0.25) is 11.1 Å². The van der Waals surface area contributed by atoms with Crippen LogP contribution in [-0.2, 0) is 16.1 Å². The molecule has 34 heavy (non-hydrogen) atoms. The highest BCUT2D eigenvalue weighted by Gasteiger charge is 2.24. The van der Waals surface area contributed by atoms with E-state index in [0.717, 1.165) is 46.4 Å². The number of rotatable bonds is 9. The van der Waals surface area contributed by atoms with E-state index in [4.69, 9.17) is 9.72 Å². The molecule has 3 aromatic heterocycles. The van der Waals surface area contributed by atoms with E-state index in [1.807, 2.05) is 25.1 Å². The number of amides is 1. The highest BCUT2D eigenvalue weighted by molar-refractivity contribution is 8.00. The van der Waals surface area contributed by atoms with Crippen LogP contribution in [-0.4, -0.2) is 48.5 Å². The second-order valence-electron chi connectivity index (χ2n) is 7.59. The van der Waals surface area contributed by atoms with Crippen LogP contribution in [0.4, 0.5) is 5.13 Å². The van der Waals surface area contributed by atoms with Crippen LogP contribution in [0, 0.1) is 6.92 Å². The molecule has 0 bridgehead atoms. The first-order valence-electron chi connectivity index (χ1n) is 11.2. The summed E-state index contributed by atoms with van der Waals surface area (Å²) in [7, 11) is 0. The molecule has 1 amide bonds. The number of fused-ring (bicyclic) bond motifs is 3. The number of hydrogen-bond donors (Lipinski definition) is 1. The topological polar surface area (TPSA) is 112 Å². The fraction of sp³-hybridized carbons (Fsp3) is 0.391. The number of hydrogen-bond acceptors (Lipinski definition) is 9. The van der Waals surface area contributed by atoms with E-state index in [1.165, 1.54) is 11.8 Å². The monoisotopic (exact) mass is 498 g/mol. The van der Waals surface area contributed by atoms with Crippen molar-refractivity contribution in [2.24, 2.45) is 0 Å². The first-order valence-corrected chi connectivity index (χ1v) is 12.9. The number of carbonyl (C=O) groups excluding carboxylic acids is 2. The van der Waals surface area contributed by atoms with Gasteiger partial charge in [0.1, 0.15) is 10.4 Å². The number of nitrogens with zero attached hydrogens (tertiary/aromatic N) is 5. The molecule has 1 N–H and O–H groups in total. The predicted molar refractivity (Wildman–Crippen MR) is 134 cm³/mol. The van der Waals surface area contributed by atoms with Crippen molar-refractivity contribution in [3.63, 3.8) is 0 Å². The Bertz CT molecular complexity index is 1350. The zero-order valence-electron chi connectivity index (χ0n) is 19.5. The van der Waals surface area contributed by atoms with E-state index in [2.05, 4.69) is 38.1 Å². The molecule has 9 nitrogen and oxygen atoms in total. The minimum Gasteiger partial charge on any atom is -0.462 e. The van der Waals surface area contributed by atoms with E-state index >= 15 is 0 Å². The molecule has 3 heterocycles. The molecular formula is C23H26N6O3S2. The van der Waals surface area contributed by atoms with Gasteiger partial charge in [0.05, 0.1) is 23.1 Å². The number of nitrogens with one attached hydrogen (secondary N) is 1. The van der Waals surface area contributed by atoms with Crippen molar-refractivity contribution in [3.05, 3.63) is 34.8 Å². The van der Waals surface area contributed by atoms with Gasteiger partial charge in [0, 0.05) is 11.9 Å². The molecule has 178 valence electrons. The number of ether oxygens (including phenoxy) is 1. The molecule has 0 saturated heterocycles. The molecule has 1 aromatic carbocycles. The average molecular weight is 499 g/mol. The number of aryl methyl sites for hydroxylation is 2. The fourth-order valence-corrected chi connectivity index (χ4v) is 5.34. The van der Waals surface area contributed by atoms with Gasteiger partial charge in [-0.3, -0.25) is 4.79 Å². The lowest BCUT2D eigenvalue weighted by Crippen LogP contribution is -2.24. The SMILES string of the molecule is CCCn1c2ccccc2c2nnc(S[C@@H](CC)C(=O)Nc3nc(C)c(C(=O)OCC)s3)nc21. The summed E-state index contributed by atoms with van der Waals surface area (Å²) in [6.07, 6.45) is 1.52. The van der Waals surface area contributed by atoms with Gasteiger partial charge in [-0.1, -0.05) is 55.1 Å². The van der Waals surface area contributed by atoms with Gasteiger partial charge in [-0.2, -0.15) is 0 Å². The normalized spacial score (nSPS) is 12.2. The fourth-order valence-electron chi connectivity index (χ4n) is 3.66. The molecule has 0 radical (unpaired) electrons. The van der Waals surface area contributed by atoms with Crippen molar-refractivity contribution in [1.29, 1.82) is 0 Å². The van der Waals surface area contributed by atoms with Gasteiger partial charge in [0.15, 0.2) is 10.8 Å². The summed E-state index contributed by atoms with van der Waals surface area (Å²) < 4.78 is 7.20. The molecule has 0 spiro atoms. The quantitative estimate of drug-likeness (QED) is 0.258. The average Bonchev–Trinajstić information content (AvgIpc) is 3.35. The molecular weight excluding hydrogens is 472 g/mol. The summed E-state index contributed by atoms with van der Waals surface area (Å²) in [4.78, 5) is 34.5. The zero-order valence-corrected chi connectivity index (χ0v) is 21.1. The lowest BCUT2D eigenvalue weighted by atomic mass is 10.2. The van der Waals surface area contributed by atoms with Crippen LogP contribution in [0.5, 0.6) is 0 Å². The Balaban J connectivity index is 1.56. The van der Waals surface area contributed by atoms with E-state index in [-0.39, 0.29) is 12.5 Å². The molecule has 0 aliphatic carbocycles. The molecule has 11 heteroatoms. The molecule has 1 atom stereocenters. The van der Waals surface area contributed by atoms with Gasteiger partial charge in [-0.05, 0) is 32.8 Å². The summed E-state index contributed by atoms with van der Waals surface area (Å²) >= 11 is 2.38. The Hall–Kier alpha value is -3.05. The van der Waals surface area contributed by atoms with Gasteiger partial charge in [-0.15, -0.1) is 10.2 Å². The standard InChI is InChI=1S/C23H26N6O3S2/c1-5-12-29-15-11-9-8-10-14(15)17-19(29)25-23(28-27-17)33-16(6-2)20(30)26-22-24-13(4)18(34-22)21(31)32-7-3/h8-11,16H,5-7,12H2,1-4H3,(H,24,26,30)/t16-/m0/s1. The number of benzene rings is 1. The lowest BCUT2D eigenvalue weighted by Gasteiger charge is -2.12. The smallest absolute Gasteiger partial charge is 0.350 e. The Labute approximate surface area is 205 Å². The summed E-state index contributed by atoms with van der Waals surface area (Å²) in [5, 5.41) is 12.9. The van der Waals surface area contributed by atoms with Crippen LogP contribution in [0.25, 0.3) is 22.1 Å². The summed E-state index contributed by atoms with van der Waals surface area (Å²) in [5.41, 5.74) is 3.13. The summed E-state index contributed by atoms with van der Waals surface area (Å²) in [5.74, 6) is -0.663. The number of aromatic nitrogens is 5. The Kier molecular flexibility index (Phi) is 7.42. The first kappa shape index (κ1) is 24.1.